The van der Waals surface area contributed by atoms with Crippen LogP contribution in [0.15, 0.2) is 60.8 Å². The maximum atomic E-state index is 14.0. The average molecular weight is 479 g/mol. The van der Waals surface area contributed by atoms with E-state index >= 15 is 0 Å². The summed E-state index contributed by atoms with van der Waals surface area (Å²) in [5.74, 6) is 0.377. The molecule has 1 fully saturated rings. The zero-order valence-corrected chi connectivity index (χ0v) is 19.7. The SMILES string of the molecule is COc1ccc(CNC(=O)c2cccnc2N2CCN(C(=O)c3ccc(OC)c(F)c3)CC2)cc1. The highest BCUT2D eigenvalue weighted by molar-refractivity contribution is 5.99. The lowest BCUT2D eigenvalue weighted by atomic mass is 10.1. The Labute approximate surface area is 203 Å². The van der Waals surface area contributed by atoms with Gasteiger partial charge in [-0.3, -0.25) is 9.59 Å². The Kier molecular flexibility index (Phi) is 7.45. The van der Waals surface area contributed by atoms with Crippen LogP contribution in [0.4, 0.5) is 10.2 Å². The molecule has 0 unspecified atom stereocenters. The molecule has 1 saturated heterocycles. The fourth-order valence-electron chi connectivity index (χ4n) is 3.95. The van der Waals surface area contributed by atoms with E-state index in [1.165, 1.54) is 19.2 Å². The second-order valence-corrected chi connectivity index (χ2v) is 8.03. The third-order valence-corrected chi connectivity index (χ3v) is 5.91. The van der Waals surface area contributed by atoms with Crippen molar-refractivity contribution in [2.75, 3.05) is 45.3 Å². The Morgan fingerprint density at radius 3 is 2.40 bits per heavy atom. The highest BCUT2D eigenvalue weighted by Gasteiger charge is 2.26. The van der Waals surface area contributed by atoms with Gasteiger partial charge in [-0.2, -0.15) is 0 Å². The van der Waals surface area contributed by atoms with Gasteiger partial charge in [0.1, 0.15) is 11.6 Å². The Morgan fingerprint density at radius 1 is 1.00 bits per heavy atom. The second kappa shape index (κ2) is 10.9. The van der Waals surface area contributed by atoms with Crippen LogP contribution < -0.4 is 19.7 Å². The molecule has 0 atom stereocenters. The molecule has 4 rings (SSSR count). The molecule has 8 nitrogen and oxygen atoms in total. The normalized spacial score (nSPS) is 13.3. The minimum Gasteiger partial charge on any atom is -0.497 e. The highest BCUT2D eigenvalue weighted by Crippen LogP contribution is 2.22. The van der Waals surface area contributed by atoms with Crippen LogP contribution in [-0.2, 0) is 6.54 Å². The van der Waals surface area contributed by atoms with Crippen LogP contribution >= 0.6 is 0 Å². The van der Waals surface area contributed by atoms with E-state index in [-0.39, 0.29) is 23.1 Å². The molecule has 35 heavy (non-hydrogen) atoms. The third kappa shape index (κ3) is 5.51. The molecule has 182 valence electrons. The van der Waals surface area contributed by atoms with E-state index in [1.54, 1.807) is 36.4 Å². The van der Waals surface area contributed by atoms with Crippen molar-refractivity contribution in [3.8, 4) is 11.5 Å². The average Bonchev–Trinajstić information content (AvgIpc) is 2.91. The molecule has 1 N–H and O–H groups in total. The van der Waals surface area contributed by atoms with E-state index in [9.17, 15) is 14.0 Å². The van der Waals surface area contributed by atoms with Gasteiger partial charge in [0, 0.05) is 44.5 Å². The van der Waals surface area contributed by atoms with Crippen molar-refractivity contribution in [2.24, 2.45) is 0 Å². The Morgan fingerprint density at radius 2 is 1.74 bits per heavy atom. The van der Waals surface area contributed by atoms with E-state index in [1.807, 2.05) is 29.2 Å². The minimum atomic E-state index is -0.573. The molecule has 0 bridgehead atoms. The van der Waals surface area contributed by atoms with E-state index < -0.39 is 5.82 Å². The highest BCUT2D eigenvalue weighted by atomic mass is 19.1. The zero-order valence-electron chi connectivity index (χ0n) is 19.7. The number of ether oxygens (including phenoxy) is 2. The van der Waals surface area contributed by atoms with Crippen molar-refractivity contribution in [3.05, 3.63) is 83.3 Å². The van der Waals surface area contributed by atoms with Crippen LogP contribution in [-0.4, -0.2) is 62.1 Å². The van der Waals surface area contributed by atoms with E-state index in [0.717, 1.165) is 11.3 Å². The lowest BCUT2D eigenvalue weighted by Gasteiger charge is -2.36. The Bertz CT molecular complexity index is 1190. The maximum absolute atomic E-state index is 14.0. The van der Waals surface area contributed by atoms with Gasteiger partial charge in [0.2, 0.25) is 0 Å². The van der Waals surface area contributed by atoms with Gasteiger partial charge in [0.25, 0.3) is 11.8 Å². The van der Waals surface area contributed by atoms with Gasteiger partial charge in [-0.05, 0) is 48.0 Å². The molecular weight excluding hydrogens is 451 g/mol. The van der Waals surface area contributed by atoms with E-state index in [2.05, 4.69) is 10.3 Å². The number of nitrogens with zero attached hydrogens (tertiary/aromatic N) is 3. The van der Waals surface area contributed by atoms with Gasteiger partial charge in [-0.25, -0.2) is 9.37 Å². The number of halogens is 1. The van der Waals surface area contributed by atoms with Crippen LogP contribution in [0, 0.1) is 5.82 Å². The number of carbonyl (C=O) groups is 2. The predicted octanol–water partition coefficient (Wildman–Crippen LogP) is 3.13. The number of nitrogens with one attached hydrogen (secondary N) is 1. The van der Waals surface area contributed by atoms with Crippen molar-refractivity contribution < 1.29 is 23.5 Å². The number of piperazine rings is 1. The lowest BCUT2D eigenvalue weighted by Crippen LogP contribution is -2.49. The summed E-state index contributed by atoms with van der Waals surface area (Å²) >= 11 is 0. The monoisotopic (exact) mass is 478 g/mol. The number of benzene rings is 2. The summed E-state index contributed by atoms with van der Waals surface area (Å²) in [6, 6.07) is 15.1. The maximum Gasteiger partial charge on any atom is 0.255 e. The first kappa shape index (κ1) is 24.0. The third-order valence-electron chi connectivity index (χ3n) is 5.91. The number of pyridine rings is 1. The van der Waals surface area contributed by atoms with E-state index in [0.29, 0.717) is 44.1 Å². The molecule has 2 aromatic carbocycles. The summed E-state index contributed by atoms with van der Waals surface area (Å²) < 4.78 is 24.1. The van der Waals surface area contributed by atoms with Crippen LogP contribution in [0.2, 0.25) is 0 Å². The Hall–Kier alpha value is -4.14. The van der Waals surface area contributed by atoms with Gasteiger partial charge in [0.15, 0.2) is 11.6 Å². The van der Waals surface area contributed by atoms with Gasteiger partial charge >= 0.3 is 0 Å². The van der Waals surface area contributed by atoms with Gasteiger partial charge < -0.3 is 24.6 Å². The standard InChI is InChI=1S/C26H27FN4O4/c1-34-20-8-5-18(6-9-20)17-29-25(32)21-4-3-11-28-24(21)30-12-14-31(15-13-30)26(33)19-7-10-23(35-2)22(27)16-19/h3-11,16H,12-15,17H2,1-2H3,(H,29,32). The number of amides is 2. The largest absolute Gasteiger partial charge is 0.497 e. The topological polar surface area (TPSA) is 84.0 Å². The van der Waals surface area contributed by atoms with Crippen molar-refractivity contribution in [1.82, 2.24) is 15.2 Å². The predicted molar refractivity (Wildman–Crippen MR) is 129 cm³/mol. The molecule has 0 saturated carbocycles. The van der Waals surface area contributed by atoms with Crippen molar-refractivity contribution in [2.45, 2.75) is 6.54 Å². The summed E-state index contributed by atoms with van der Waals surface area (Å²) in [5, 5.41) is 2.94. The molecule has 0 radical (unpaired) electrons. The van der Waals surface area contributed by atoms with Crippen molar-refractivity contribution >= 4 is 17.6 Å². The fourth-order valence-corrected chi connectivity index (χ4v) is 3.95. The minimum absolute atomic E-state index is 0.0966. The Balaban J connectivity index is 1.38. The first-order valence-electron chi connectivity index (χ1n) is 11.2. The van der Waals surface area contributed by atoms with Crippen molar-refractivity contribution in [1.29, 1.82) is 0 Å². The molecule has 3 aromatic rings. The second-order valence-electron chi connectivity index (χ2n) is 8.03. The number of carbonyl (C=O) groups excluding carboxylic acids is 2. The van der Waals surface area contributed by atoms with Crippen molar-refractivity contribution in [3.63, 3.8) is 0 Å². The summed E-state index contributed by atoms with van der Waals surface area (Å²) in [7, 11) is 2.99. The summed E-state index contributed by atoms with van der Waals surface area (Å²) in [6.07, 6.45) is 1.65. The van der Waals surface area contributed by atoms with Crippen LogP contribution in [0.5, 0.6) is 11.5 Å². The number of hydrogen-bond acceptors (Lipinski definition) is 6. The van der Waals surface area contributed by atoms with Gasteiger partial charge in [-0.1, -0.05) is 12.1 Å². The van der Waals surface area contributed by atoms with Gasteiger partial charge in [0.05, 0.1) is 19.8 Å². The molecule has 2 amide bonds. The molecule has 1 aromatic heterocycles. The zero-order chi connectivity index (χ0) is 24.8. The van der Waals surface area contributed by atoms with Gasteiger partial charge in [-0.15, -0.1) is 0 Å². The first-order valence-corrected chi connectivity index (χ1v) is 11.2. The van der Waals surface area contributed by atoms with E-state index in [4.69, 9.17) is 9.47 Å². The first-order chi connectivity index (χ1) is 17.0. The molecule has 9 heteroatoms. The number of aromatic nitrogens is 1. The molecule has 1 aliphatic heterocycles. The van der Waals surface area contributed by atoms with Crippen LogP contribution in [0.3, 0.4) is 0 Å². The number of methoxy groups -OCH3 is 2. The van der Waals surface area contributed by atoms with Crippen LogP contribution in [0.1, 0.15) is 26.3 Å². The molecule has 0 spiro atoms. The molecule has 1 aliphatic rings. The summed E-state index contributed by atoms with van der Waals surface area (Å²) in [6.45, 7) is 2.23. The molecule has 2 heterocycles. The lowest BCUT2D eigenvalue weighted by molar-refractivity contribution is 0.0745. The smallest absolute Gasteiger partial charge is 0.255 e. The number of hydrogen-bond donors (Lipinski definition) is 1. The summed E-state index contributed by atoms with van der Waals surface area (Å²) in [4.78, 5) is 33.9. The molecular formula is C26H27FN4O4. The quantitative estimate of drug-likeness (QED) is 0.562. The molecule has 0 aliphatic carbocycles. The fraction of sp³-hybridized carbons (Fsp3) is 0.269. The summed E-state index contributed by atoms with van der Waals surface area (Å²) in [5.41, 5.74) is 1.69. The number of rotatable bonds is 7. The van der Waals surface area contributed by atoms with Crippen LogP contribution in [0.25, 0.3) is 0 Å². The number of anilines is 1.